The Balaban J connectivity index is 2.17. The number of pyridine rings is 1. The molecule has 1 aromatic heterocycles. The van der Waals surface area contributed by atoms with Crippen LogP contribution in [-0.2, 0) is 0 Å². The van der Waals surface area contributed by atoms with Crippen molar-refractivity contribution in [1.29, 1.82) is 5.26 Å². The Kier molecular flexibility index (Phi) is 3.61. The minimum absolute atomic E-state index is 0.0291. The van der Waals surface area contributed by atoms with E-state index >= 15 is 0 Å². The fourth-order valence-electron chi connectivity index (χ4n) is 2.36. The van der Waals surface area contributed by atoms with E-state index in [-0.39, 0.29) is 11.9 Å². The van der Waals surface area contributed by atoms with Gasteiger partial charge in [0.15, 0.2) is 0 Å². The number of rotatable bonds is 1. The smallest absolute Gasteiger partial charge is 0.272 e. The Hall–Kier alpha value is -1.89. The fourth-order valence-corrected chi connectivity index (χ4v) is 2.36. The van der Waals surface area contributed by atoms with E-state index in [0.29, 0.717) is 17.2 Å². The number of nitrogens with zero attached hydrogens (tertiary/aromatic N) is 3. The first-order valence-electron chi connectivity index (χ1n) is 6.30. The molecule has 0 spiro atoms. The molecule has 0 aromatic carbocycles. The molecule has 1 amide bonds. The zero-order valence-electron chi connectivity index (χ0n) is 10.8. The maximum atomic E-state index is 12.3. The summed E-state index contributed by atoms with van der Waals surface area (Å²) in [6.45, 7) is 5.06. The van der Waals surface area contributed by atoms with E-state index < -0.39 is 0 Å². The van der Waals surface area contributed by atoms with Crippen molar-refractivity contribution in [3.8, 4) is 6.07 Å². The van der Waals surface area contributed by atoms with Crippen molar-refractivity contribution in [1.82, 2.24) is 9.88 Å². The molecule has 0 aliphatic carbocycles. The summed E-state index contributed by atoms with van der Waals surface area (Å²) in [5, 5.41) is 8.71. The lowest BCUT2D eigenvalue weighted by molar-refractivity contribution is 0.0545. The molecule has 4 nitrogen and oxygen atoms in total. The molecule has 1 fully saturated rings. The van der Waals surface area contributed by atoms with Gasteiger partial charge in [-0.2, -0.15) is 5.26 Å². The van der Waals surface area contributed by atoms with E-state index in [4.69, 9.17) is 5.26 Å². The number of carbonyl (C=O) groups excluding carboxylic acids is 1. The van der Waals surface area contributed by atoms with Gasteiger partial charge in [-0.25, -0.2) is 4.98 Å². The minimum atomic E-state index is -0.0291. The van der Waals surface area contributed by atoms with Crippen LogP contribution in [0.3, 0.4) is 0 Å². The Labute approximate surface area is 107 Å². The fraction of sp³-hybridized carbons (Fsp3) is 0.500. The van der Waals surface area contributed by atoms with Crippen molar-refractivity contribution in [3.05, 3.63) is 29.6 Å². The Morgan fingerprint density at radius 3 is 2.89 bits per heavy atom. The number of piperidine rings is 1. The molecular weight excluding hydrogens is 226 g/mol. The van der Waals surface area contributed by atoms with Crippen LogP contribution in [0.1, 0.15) is 42.7 Å². The van der Waals surface area contributed by atoms with Crippen molar-refractivity contribution in [3.63, 3.8) is 0 Å². The van der Waals surface area contributed by atoms with Gasteiger partial charge < -0.3 is 4.90 Å². The molecule has 18 heavy (non-hydrogen) atoms. The van der Waals surface area contributed by atoms with Gasteiger partial charge in [-0.15, -0.1) is 0 Å². The first kappa shape index (κ1) is 12.6. The van der Waals surface area contributed by atoms with Gasteiger partial charge in [0.05, 0.1) is 5.56 Å². The summed E-state index contributed by atoms with van der Waals surface area (Å²) in [6, 6.07) is 5.52. The van der Waals surface area contributed by atoms with E-state index in [0.717, 1.165) is 13.0 Å². The third-order valence-electron chi connectivity index (χ3n) is 3.75. The summed E-state index contributed by atoms with van der Waals surface area (Å²) in [7, 11) is 0. The highest BCUT2D eigenvalue weighted by atomic mass is 16.2. The average Bonchev–Trinajstić information content (AvgIpc) is 2.41. The highest BCUT2D eigenvalue weighted by molar-refractivity contribution is 5.92. The summed E-state index contributed by atoms with van der Waals surface area (Å²) in [5.41, 5.74) is 0.904. The third kappa shape index (κ3) is 2.35. The minimum Gasteiger partial charge on any atom is -0.334 e. The van der Waals surface area contributed by atoms with Crippen LogP contribution >= 0.6 is 0 Å². The van der Waals surface area contributed by atoms with E-state index in [2.05, 4.69) is 18.8 Å². The van der Waals surface area contributed by atoms with Crippen LogP contribution in [0.4, 0.5) is 0 Å². The predicted octanol–water partition coefficient (Wildman–Crippen LogP) is 2.21. The topological polar surface area (TPSA) is 57.0 Å². The lowest BCUT2D eigenvalue weighted by Crippen LogP contribution is -2.46. The summed E-state index contributed by atoms with van der Waals surface area (Å²) >= 11 is 0. The highest BCUT2D eigenvalue weighted by Gasteiger charge is 2.29. The van der Waals surface area contributed by atoms with Gasteiger partial charge in [0.25, 0.3) is 5.91 Å². The maximum Gasteiger partial charge on any atom is 0.272 e. The van der Waals surface area contributed by atoms with Crippen LogP contribution in [0.5, 0.6) is 0 Å². The summed E-state index contributed by atoms with van der Waals surface area (Å²) in [5.74, 6) is 0.500. The van der Waals surface area contributed by atoms with Crippen molar-refractivity contribution >= 4 is 5.91 Å². The SMILES string of the molecule is CC1CCCN(C(=O)c2ccc(C#N)cn2)C1C. The van der Waals surface area contributed by atoms with E-state index in [1.807, 2.05) is 11.0 Å². The van der Waals surface area contributed by atoms with E-state index in [1.54, 1.807) is 12.1 Å². The molecule has 0 N–H and O–H groups in total. The molecule has 2 atom stereocenters. The number of hydrogen-bond acceptors (Lipinski definition) is 3. The largest absolute Gasteiger partial charge is 0.334 e. The van der Waals surface area contributed by atoms with Crippen LogP contribution in [0.2, 0.25) is 0 Å². The van der Waals surface area contributed by atoms with Crippen LogP contribution in [0.25, 0.3) is 0 Å². The summed E-state index contributed by atoms with van der Waals surface area (Å²) in [4.78, 5) is 18.3. The predicted molar refractivity (Wildman–Crippen MR) is 67.8 cm³/mol. The molecule has 2 unspecified atom stereocenters. The van der Waals surface area contributed by atoms with Gasteiger partial charge >= 0.3 is 0 Å². The first-order chi connectivity index (χ1) is 8.63. The normalized spacial score (nSPS) is 23.5. The third-order valence-corrected chi connectivity index (χ3v) is 3.75. The van der Waals surface area contributed by atoms with Gasteiger partial charge in [-0.05, 0) is 37.8 Å². The first-order valence-corrected chi connectivity index (χ1v) is 6.30. The highest BCUT2D eigenvalue weighted by Crippen LogP contribution is 2.24. The lowest BCUT2D eigenvalue weighted by atomic mass is 9.92. The zero-order chi connectivity index (χ0) is 13.1. The number of likely N-dealkylation sites (tertiary alicyclic amines) is 1. The lowest BCUT2D eigenvalue weighted by Gasteiger charge is -2.37. The number of amides is 1. The van der Waals surface area contributed by atoms with Crippen molar-refractivity contribution < 1.29 is 4.79 Å². The maximum absolute atomic E-state index is 12.3. The Morgan fingerprint density at radius 2 is 2.28 bits per heavy atom. The van der Waals surface area contributed by atoms with Crippen LogP contribution in [0, 0.1) is 17.2 Å². The Morgan fingerprint density at radius 1 is 1.50 bits per heavy atom. The molecule has 2 rings (SSSR count). The molecule has 1 saturated heterocycles. The summed E-state index contributed by atoms with van der Waals surface area (Å²) in [6.07, 6.45) is 3.67. The second-order valence-electron chi connectivity index (χ2n) is 4.90. The number of nitriles is 1. The zero-order valence-corrected chi connectivity index (χ0v) is 10.8. The molecule has 0 saturated carbocycles. The van der Waals surface area contributed by atoms with Crippen LogP contribution in [-0.4, -0.2) is 28.4 Å². The van der Waals surface area contributed by atoms with Crippen molar-refractivity contribution in [2.45, 2.75) is 32.7 Å². The number of hydrogen-bond donors (Lipinski definition) is 0. The molecule has 1 aliphatic heterocycles. The number of carbonyl (C=O) groups is 1. The molecule has 2 heterocycles. The number of aromatic nitrogens is 1. The molecule has 1 aliphatic rings. The molecule has 0 radical (unpaired) electrons. The van der Waals surface area contributed by atoms with Crippen LogP contribution < -0.4 is 0 Å². The van der Waals surface area contributed by atoms with Crippen LogP contribution in [0.15, 0.2) is 18.3 Å². The molecule has 1 aromatic rings. The Bertz CT molecular complexity index is 475. The second kappa shape index (κ2) is 5.18. The van der Waals surface area contributed by atoms with Gasteiger partial charge in [0, 0.05) is 18.8 Å². The van der Waals surface area contributed by atoms with Gasteiger partial charge in [-0.3, -0.25) is 4.79 Å². The van der Waals surface area contributed by atoms with Gasteiger partial charge in [0.1, 0.15) is 11.8 Å². The van der Waals surface area contributed by atoms with Crippen molar-refractivity contribution in [2.24, 2.45) is 5.92 Å². The quantitative estimate of drug-likeness (QED) is 0.760. The molecule has 4 heteroatoms. The average molecular weight is 243 g/mol. The van der Waals surface area contributed by atoms with E-state index in [9.17, 15) is 4.79 Å². The van der Waals surface area contributed by atoms with Gasteiger partial charge in [0.2, 0.25) is 0 Å². The van der Waals surface area contributed by atoms with Crippen molar-refractivity contribution in [2.75, 3.05) is 6.54 Å². The molecular formula is C14H17N3O. The molecule has 0 bridgehead atoms. The summed E-state index contributed by atoms with van der Waals surface area (Å²) < 4.78 is 0. The van der Waals surface area contributed by atoms with E-state index in [1.165, 1.54) is 12.6 Å². The second-order valence-corrected chi connectivity index (χ2v) is 4.90. The van der Waals surface area contributed by atoms with Gasteiger partial charge in [-0.1, -0.05) is 6.92 Å². The monoisotopic (exact) mass is 243 g/mol. The molecule has 94 valence electrons. The standard InChI is InChI=1S/C14H17N3O/c1-10-4-3-7-17(11(10)2)14(18)13-6-5-12(8-15)9-16-13/h5-6,9-11H,3-4,7H2,1-2H3.